The third-order valence-electron chi connectivity index (χ3n) is 5.77. The Labute approximate surface area is 188 Å². The van der Waals surface area contributed by atoms with E-state index in [1.807, 2.05) is 17.0 Å². The molecule has 3 aromatic rings. The number of hydrogen-bond acceptors (Lipinski definition) is 4. The number of aromatic nitrogens is 1. The van der Waals surface area contributed by atoms with Crippen LogP contribution in [0.1, 0.15) is 30.0 Å². The molecule has 32 heavy (non-hydrogen) atoms. The Bertz CT molecular complexity index is 964. The second-order valence-electron chi connectivity index (χ2n) is 7.93. The van der Waals surface area contributed by atoms with Gasteiger partial charge in [0.15, 0.2) is 0 Å². The summed E-state index contributed by atoms with van der Waals surface area (Å²) in [5, 5.41) is 2.78. The Morgan fingerprint density at radius 2 is 1.44 bits per heavy atom. The second-order valence-corrected chi connectivity index (χ2v) is 7.93. The summed E-state index contributed by atoms with van der Waals surface area (Å²) in [6.45, 7) is 2.92. The average Bonchev–Trinajstić information content (AvgIpc) is 2.85. The molecule has 0 atom stereocenters. The molecular weight excluding hydrogens is 400 g/mol. The van der Waals surface area contributed by atoms with Crippen LogP contribution in [0.15, 0.2) is 85.2 Å². The first kappa shape index (κ1) is 21.7. The van der Waals surface area contributed by atoms with Crippen LogP contribution in [0.5, 0.6) is 0 Å². The molecule has 6 nitrogen and oxygen atoms in total. The lowest BCUT2D eigenvalue weighted by Crippen LogP contribution is -2.49. The standard InChI is InChI=1S/C26H28N4O2/c31-24(28-23-12-7-15-27-20-23)13-14-25(32)29-16-18-30(19-17-29)26(21-8-3-1-4-9-21)22-10-5-2-6-11-22/h1-12,15,20,26H,13-14,16-19H2,(H,28,31). The van der Waals surface area contributed by atoms with Crippen LogP contribution in [0.4, 0.5) is 5.69 Å². The van der Waals surface area contributed by atoms with Gasteiger partial charge in [0.1, 0.15) is 0 Å². The van der Waals surface area contributed by atoms with Crippen molar-refractivity contribution in [3.05, 3.63) is 96.3 Å². The van der Waals surface area contributed by atoms with E-state index in [1.165, 1.54) is 11.1 Å². The first-order valence-corrected chi connectivity index (χ1v) is 11.0. The molecule has 0 unspecified atom stereocenters. The van der Waals surface area contributed by atoms with E-state index < -0.39 is 0 Å². The number of benzene rings is 2. The maximum absolute atomic E-state index is 12.7. The van der Waals surface area contributed by atoms with Crippen LogP contribution < -0.4 is 5.32 Å². The SMILES string of the molecule is O=C(CCC(=O)N1CCN(C(c2ccccc2)c2ccccc2)CC1)Nc1cccnc1. The van der Waals surface area contributed by atoms with Crippen LogP contribution in [-0.4, -0.2) is 52.8 Å². The van der Waals surface area contributed by atoms with Crippen LogP contribution in [0.25, 0.3) is 0 Å². The van der Waals surface area contributed by atoms with Gasteiger partial charge in [-0.3, -0.25) is 19.5 Å². The number of pyridine rings is 1. The summed E-state index contributed by atoms with van der Waals surface area (Å²) in [6, 6.07) is 24.7. The minimum Gasteiger partial charge on any atom is -0.340 e. The quantitative estimate of drug-likeness (QED) is 0.623. The van der Waals surface area contributed by atoms with Gasteiger partial charge in [0.25, 0.3) is 0 Å². The van der Waals surface area contributed by atoms with Gasteiger partial charge < -0.3 is 10.2 Å². The fraction of sp³-hybridized carbons (Fsp3) is 0.269. The number of carbonyl (C=O) groups is 2. The monoisotopic (exact) mass is 428 g/mol. The van der Waals surface area contributed by atoms with Gasteiger partial charge >= 0.3 is 0 Å². The fourth-order valence-electron chi connectivity index (χ4n) is 4.15. The Morgan fingerprint density at radius 3 is 2.00 bits per heavy atom. The molecule has 2 aromatic carbocycles. The number of hydrogen-bond donors (Lipinski definition) is 1. The first-order chi connectivity index (χ1) is 15.7. The Morgan fingerprint density at radius 1 is 0.812 bits per heavy atom. The van der Waals surface area contributed by atoms with Crippen molar-refractivity contribution in [3.63, 3.8) is 0 Å². The predicted molar refractivity (Wildman–Crippen MR) is 125 cm³/mol. The number of anilines is 1. The van der Waals surface area contributed by atoms with Gasteiger partial charge in [-0.1, -0.05) is 60.7 Å². The largest absolute Gasteiger partial charge is 0.340 e. The van der Waals surface area contributed by atoms with Crippen molar-refractivity contribution in [3.8, 4) is 0 Å². The number of piperazine rings is 1. The lowest BCUT2D eigenvalue weighted by molar-refractivity contribution is -0.134. The zero-order valence-electron chi connectivity index (χ0n) is 18.1. The highest BCUT2D eigenvalue weighted by atomic mass is 16.2. The highest BCUT2D eigenvalue weighted by Crippen LogP contribution is 2.29. The van der Waals surface area contributed by atoms with Crippen LogP contribution in [0.2, 0.25) is 0 Å². The molecule has 1 aliphatic heterocycles. The van der Waals surface area contributed by atoms with Crippen molar-refractivity contribution in [2.45, 2.75) is 18.9 Å². The summed E-state index contributed by atoms with van der Waals surface area (Å²) in [5.41, 5.74) is 3.16. The Hall–Kier alpha value is -3.51. The third kappa shape index (κ3) is 5.59. The molecule has 0 bridgehead atoms. The van der Waals surface area contributed by atoms with E-state index >= 15 is 0 Å². The molecule has 4 rings (SSSR count). The Balaban J connectivity index is 1.32. The molecule has 1 fully saturated rings. The molecule has 1 aliphatic rings. The fourth-order valence-corrected chi connectivity index (χ4v) is 4.15. The van der Waals surface area contributed by atoms with Crippen molar-refractivity contribution >= 4 is 17.5 Å². The highest BCUT2D eigenvalue weighted by Gasteiger charge is 2.28. The van der Waals surface area contributed by atoms with Crippen molar-refractivity contribution in [2.24, 2.45) is 0 Å². The number of rotatable bonds is 7. The molecule has 0 saturated carbocycles. The molecule has 164 valence electrons. The first-order valence-electron chi connectivity index (χ1n) is 11.0. The minimum atomic E-state index is -0.168. The molecule has 1 saturated heterocycles. The summed E-state index contributed by atoms with van der Waals surface area (Å²) < 4.78 is 0. The van der Waals surface area contributed by atoms with E-state index in [1.54, 1.807) is 24.5 Å². The molecule has 1 N–H and O–H groups in total. The van der Waals surface area contributed by atoms with Gasteiger partial charge in [-0.2, -0.15) is 0 Å². The van der Waals surface area contributed by atoms with E-state index in [0.717, 1.165) is 13.1 Å². The van der Waals surface area contributed by atoms with Gasteiger partial charge in [-0.05, 0) is 23.3 Å². The molecular formula is C26H28N4O2. The number of nitrogens with one attached hydrogen (secondary N) is 1. The topological polar surface area (TPSA) is 65.5 Å². The van der Waals surface area contributed by atoms with Crippen molar-refractivity contribution in [2.75, 3.05) is 31.5 Å². The van der Waals surface area contributed by atoms with Gasteiger partial charge in [0.2, 0.25) is 11.8 Å². The summed E-state index contributed by atoms with van der Waals surface area (Å²) in [7, 11) is 0. The highest BCUT2D eigenvalue weighted by molar-refractivity contribution is 5.93. The van der Waals surface area contributed by atoms with E-state index in [9.17, 15) is 9.59 Å². The summed E-state index contributed by atoms with van der Waals surface area (Å²) in [4.78, 5) is 33.1. The smallest absolute Gasteiger partial charge is 0.224 e. The van der Waals surface area contributed by atoms with Gasteiger partial charge in [0.05, 0.1) is 17.9 Å². The summed E-state index contributed by atoms with van der Waals surface area (Å²) in [6.07, 6.45) is 3.63. The van der Waals surface area contributed by atoms with Crippen molar-refractivity contribution < 1.29 is 9.59 Å². The van der Waals surface area contributed by atoms with Crippen LogP contribution in [0.3, 0.4) is 0 Å². The molecule has 0 spiro atoms. The molecule has 1 aromatic heterocycles. The number of carbonyl (C=O) groups excluding carboxylic acids is 2. The molecule has 0 aliphatic carbocycles. The normalized spacial score (nSPS) is 14.3. The number of nitrogens with zero attached hydrogens (tertiary/aromatic N) is 3. The third-order valence-corrected chi connectivity index (χ3v) is 5.77. The van der Waals surface area contributed by atoms with E-state index in [2.05, 4.69) is 63.7 Å². The maximum atomic E-state index is 12.7. The maximum Gasteiger partial charge on any atom is 0.224 e. The average molecular weight is 429 g/mol. The lowest BCUT2D eigenvalue weighted by Gasteiger charge is -2.39. The van der Waals surface area contributed by atoms with Crippen LogP contribution in [-0.2, 0) is 9.59 Å². The summed E-state index contributed by atoms with van der Waals surface area (Å²) in [5.74, 6) is -0.139. The molecule has 6 heteroatoms. The van der Waals surface area contributed by atoms with E-state index in [0.29, 0.717) is 18.8 Å². The predicted octanol–water partition coefficient (Wildman–Crippen LogP) is 3.73. The molecule has 2 heterocycles. The minimum absolute atomic E-state index is 0.0296. The molecule has 2 amide bonds. The zero-order valence-corrected chi connectivity index (χ0v) is 18.1. The molecule has 0 radical (unpaired) electrons. The Kier molecular flexibility index (Phi) is 7.25. The van der Waals surface area contributed by atoms with E-state index in [4.69, 9.17) is 0 Å². The van der Waals surface area contributed by atoms with Crippen LogP contribution >= 0.6 is 0 Å². The number of amides is 2. The zero-order chi connectivity index (χ0) is 22.2. The second kappa shape index (κ2) is 10.7. The van der Waals surface area contributed by atoms with Crippen molar-refractivity contribution in [1.29, 1.82) is 0 Å². The van der Waals surface area contributed by atoms with Crippen LogP contribution in [0, 0.1) is 0 Å². The van der Waals surface area contributed by atoms with Crippen molar-refractivity contribution in [1.82, 2.24) is 14.8 Å². The van der Waals surface area contributed by atoms with Gasteiger partial charge in [-0.25, -0.2) is 0 Å². The summed E-state index contributed by atoms with van der Waals surface area (Å²) >= 11 is 0. The van der Waals surface area contributed by atoms with Gasteiger partial charge in [-0.15, -0.1) is 0 Å². The van der Waals surface area contributed by atoms with Gasteiger partial charge in [0, 0.05) is 45.2 Å². The lowest BCUT2D eigenvalue weighted by atomic mass is 9.96. The van der Waals surface area contributed by atoms with E-state index in [-0.39, 0.29) is 30.7 Å².